The first-order valence-corrected chi connectivity index (χ1v) is 5.61. The van der Waals surface area contributed by atoms with Gasteiger partial charge in [-0.05, 0) is 24.6 Å². The van der Waals surface area contributed by atoms with Gasteiger partial charge in [0.1, 0.15) is 0 Å². The van der Waals surface area contributed by atoms with E-state index in [0.717, 1.165) is 10.5 Å². The van der Waals surface area contributed by atoms with Gasteiger partial charge in [0.2, 0.25) is 0 Å². The summed E-state index contributed by atoms with van der Waals surface area (Å²) in [5.41, 5.74) is 7.64. The number of nitrogens with two attached hydrogens (primary N) is 1. The Morgan fingerprint density at radius 1 is 1.60 bits per heavy atom. The van der Waals surface area contributed by atoms with Crippen molar-refractivity contribution in [3.8, 4) is 0 Å². The van der Waals surface area contributed by atoms with E-state index in [1.807, 2.05) is 32.0 Å². The number of benzene rings is 1. The monoisotopic (exact) mass is 225 g/mol. The summed E-state index contributed by atoms with van der Waals surface area (Å²) in [6.45, 7) is 3.88. The molecule has 0 saturated heterocycles. The summed E-state index contributed by atoms with van der Waals surface area (Å²) in [4.78, 5) is 11.5. The van der Waals surface area contributed by atoms with E-state index in [9.17, 15) is 4.79 Å². The normalized spacial score (nSPS) is 12.4. The lowest BCUT2D eigenvalue weighted by Gasteiger charge is -2.11. The van der Waals surface area contributed by atoms with Crippen LogP contribution in [0.5, 0.6) is 0 Å². The van der Waals surface area contributed by atoms with E-state index in [2.05, 4.69) is 0 Å². The molecule has 3 N–H and O–H groups in total. The lowest BCUT2D eigenvalue weighted by atomic mass is 10.2. The molecule has 3 nitrogen and oxygen atoms in total. The highest BCUT2D eigenvalue weighted by Gasteiger charge is 2.10. The number of nitrogen functional groups attached to an aromatic ring is 1. The Labute approximate surface area is 93.7 Å². The van der Waals surface area contributed by atoms with Crippen LogP contribution in [0.3, 0.4) is 0 Å². The molecule has 0 aliphatic rings. The Bertz CT molecular complexity index is 366. The Morgan fingerprint density at radius 2 is 2.27 bits per heavy atom. The maximum atomic E-state index is 10.5. The van der Waals surface area contributed by atoms with E-state index in [0.29, 0.717) is 5.69 Å². The summed E-state index contributed by atoms with van der Waals surface area (Å²) >= 11 is 1.51. The summed E-state index contributed by atoms with van der Waals surface area (Å²) < 4.78 is 0. The zero-order chi connectivity index (χ0) is 11.4. The van der Waals surface area contributed by atoms with Crippen LogP contribution < -0.4 is 5.73 Å². The first-order valence-electron chi connectivity index (χ1n) is 4.73. The quantitative estimate of drug-likeness (QED) is 0.610. The summed E-state index contributed by atoms with van der Waals surface area (Å²) in [7, 11) is 0. The fourth-order valence-electron chi connectivity index (χ4n) is 1.25. The molecule has 0 bridgehead atoms. The van der Waals surface area contributed by atoms with Gasteiger partial charge in [-0.25, -0.2) is 0 Å². The zero-order valence-electron chi connectivity index (χ0n) is 8.86. The Morgan fingerprint density at radius 3 is 2.87 bits per heavy atom. The Balaban J connectivity index is 2.71. The highest BCUT2D eigenvalue weighted by Crippen LogP contribution is 2.30. The van der Waals surface area contributed by atoms with E-state index < -0.39 is 5.97 Å². The van der Waals surface area contributed by atoms with Gasteiger partial charge < -0.3 is 10.8 Å². The van der Waals surface area contributed by atoms with Crippen molar-refractivity contribution in [3.05, 3.63) is 23.8 Å². The first-order chi connectivity index (χ1) is 6.99. The second-order valence-corrected chi connectivity index (χ2v) is 5.05. The van der Waals surface area contributed by atoms with Gasteiger partial charge in [-0.2, -0.15) is 0 Å². The molecule has 1 atom stereocenters. The molecule has 1 aromatic carbocycles. The molecule has 4 heteroatoms. The standard InChI is InChI=1S/C11H15NO2S/c1-7-3-4-9(12)10(5-7)15-8(2)6-11(13)14/h3-5,8H,6,12H2,1-2H3,(H,13,14). The van der Waals surface area contributed by atoms with Crippen molar-refractivity contribution in [3.63, 3.8) is 0 Å². The third-order valence-corrected chi connectivity index (χ3v) is 3.14. The summed E-state index contributed by atoms with van der Waals surface area (Å²) in [5, 5.41) is 8.68. The van der Waals surface area contributed by atoms with Gasteiger partial charge in [-0.3, -0.25) is 4.79 Å². The molecule has 1 aromatic rings. The van der Waals surface area contributed by atoms with Crippen LogP contribution in [-0.2, 0) is 4.79 Å². The smallest absolute Gasteiger partial charge is 0.304 e. The highest BCUT2D eigenvalue weighted by molar-refractivity contribution is 8.00. The minimum Gasteiger partial charge on any atom is -0.481 e. The average Bonchev–Trinajstić information content (AvgIpc) is 2.10. The highest BCUT2D eigenvalue weighted by atomic mass is 32.2. The lowest BCUT2D eigenvalue weighted by molar-refractivity contribution is -0.136. The van der Waals surface area contributed by atoms with Crippen LogP contribution in [0.25, 0.3) is 0 Å². The maximum Gasteiger partial charge on any atom is 0.304 e. The molecule has 0 radical (unpaired) electrons. The molecular formula is C11H15NO2S. The van der Waals surface area contributed by atoms with Crippen molar-refractivity contribution in [1.29, 1.82) is 0 Å². The van der Waals surface area contributed by atoms with Crippen LogP contribution in [0.1, 0.15) is 18.9 Å². The second-order valence-electron chi connectivity index (χ2n) is 3.57. The molecule has 0 fully saturated rings. The number of rotatable bonds is 4. The van der Waals surface area contributed by atoms with Crippen molar-refractivity contribution < 1.29 is 9.90 Å². The third-order valence-electron chi connectivity index (χ3n) is 1.96. The molecule has 0 aromatic heterocycles. The molecule has 1 unspecified atom stereocenters. The topological polar surface area (TPSA) is 63.3 Å². The Kier molecular flexibility index (Phi) is 4.03. The number of hydrogen-bond donors (Lipinski definition) is 2. The van der Waals surface area contributed by atoms with E-state index in [4.69, 9.17) is 10.8 Å². The number of thioether (sulfide) groups is 1. The minimum atomic E-state index is -0.777. The van der Waals surface area contributed by atoms with Gasteiger partial charge in [0.25, 0.3) is 0 Å². The summed E-state index contributed by atoms with van der Waals surface area (Å²) in [6.07, 6.45) is 0.151. The maximum absolute atomic E-state index is 10.5. The molecule has 0 aliphatic heterocycles. The predicted molar refractivity (Wildman–Crippen MR) is 63.2 cm³/mol. The van der Waals surface area contributed by atoms with Crippen LogP contribution in [0.2, 0.25) is 0 Å². The fraction of sp³-hybridized carbons (Fsp3) is 0.364. The van der Waals surface area contributed by atoms with Crippen LogP contribution in [0, 0.1) is 6.92 Å². The molecule has 82 valence electrons. The molecule has 15 heavy (non-hydrogen) atoms. The second kappa shape index (κ2) is 5.07. The molecule has 0 amide bonds. The van der Waals surface area contributed by atoms with Crippen molar-refractivity contribution in [1.82, 2.24) is 0 Å². The molecule has 0 heterocycles. The van der Waals surface area contributed by atoms with Crippen LogP contribution in [-0.4, -0.2) is 16.3 Å². The predicted octanol–water partition coefficient (Wildman–Crippen LogP) is 2.53. The summed E-state index contributed by atoms with van der Waals surface area (Å²) in [6, 6.07) is 5.78. The van der Waals surface area contributed by atoms with Gasteiger partial charge in [0.05, 0.1) is 6.42 Å². The largest absolute Gasteiger partial charge is 0.481 e. The number of anilines is 1. The van der Waals surface area contributed by atoms with Crippen molar-refractivity contribution >= 4 is 23.4 Å². The van der Waals surface area contributed by atoms with Crippen molar-refractivity contribution in [2.75, 3.05) is 5.73 Å². The van der Waals surface area contributed by atoms with Crippen LogP contribution in [0.15, 0.2) is 23.1 Å². The number of carboxylic acid groups (broad SMARTS) is 1. The van der Waals surface area contributed by atoms with Crippen molar-refractivity contribution in [2.45, 2.75) is 30.4 Å². The van der Waals surface area contributed by atoms with E-state index in [1.54, 1.807) is 0 Å². The minimum absolute atomic E-state index is 0.0339. The van der Waals surface area contributed by atoms with Crippen molar-refractivity contribution in [2.24, 2.45) is 0 Å². The average molecular weight is 225 g/mol. The molecular weight excluding hydrogens is 210 g/mol. The van der Waals surface area contributed by atoms with E-state index in [1.165, 1.54) is 11.8 Å². The molecule has 0 aliphatic carbocycles. The van der Waals surface area contributed by atoms with E-state index >= 15 is 0 Å². The molecule has 0 saturated carbocycles. The van der Waals surface area contributed by atoms with Gasteiger partial charge in [0.15, 0.2) is 0 Å². The van der Waals surface area contributed by atoms with Gasteiger partial charge >= 0.3 is 5.97 Å². The van der Waals surface area contributed by atoms with Gasteiger partial charge in [-0.1, -0.05) is 13.0 Å². The SMILES string of the molecule is Cc1ccc(N)c(SC(C)CC(=O)O)c1. The molecule has 0 spiro atoms. The number of aliphatic carboxylic acids is 1. The first kappa shape index (κ1) is 11.9. The zero-order valence-corrected chi connectivity index (χ0v) is 9.67. The number of aryl methyl sites for hydroxylation is 1. The van der Waals surface area contributed by atoms with E-state index in [-0.39, 0.29) is 11.7 Å². The number of hydrogen-bond acceptors (Lipinski definition) is 3. The van der Waals surface area contributed by atoms with Crippen LogP contribution in [0.4, 0.5) is 5.69 Å². The molecule has 1 rings (SSSR count). The van der Waals surface area contributed by atoms with Gasteiger partial charge in [-0.15, -0.1) is 11.8 Å². The third kappa shape index (κ3) is 3.83. The number of carbonyl (C=O) groups is 1. The van der Waals surface area contributed by atoms with Gasteiger partial charge in [0, 0.05) is 15.8 Å². The fourth-order valence-corrected chi connectivity index (χ4v) is 2.37. The Hall–Kier alpha value is -1.16. The summed E-state index contributed by atoms with van der Waals surface area (Å²) in [5.74, 6) is -0.777. The van der Waals surface area contributed by atoms with Crippen LogP contribution >= 0.6 is 11.8 Å². The number of carboxylic acids is 1. The lowest BCUT2D eigenvalue weighted by Crippen LogP contribution is -2.06.